The Morgan fingerprint density at radius 1 is 1.32 bits per heavy atom. The van der Waals surface area contributed by atoms with E-state index in [0.29, 0.717) is 12.5 Å². The van der Waals surface area contributed by atoms with Crippen molar-refractivity contribution in [2.75, 3.05) is 11.1 Å². The summed E-state index contributed by atoms with van der Waals surface area (Å²) in [7, 11) is 0. The summed E-state index contributed by atoms with van der Waals surface area (Å²) in [5.74, 6) is 1.07. The number of aryl methyl sites for hydroxylation is 1. The molecule has 0 fully saturated rings. The van der Waals surface area contributed by atoms with Gasteiger partial charge in [-0.15, -0.1) is 11.3 Å². The minimum Gasteiger partial charge on any atom is -0.368 e. The molecule has 19 heavy (non-hydrogen) atoms. The lowest BCUT2D eigenvalue weighted by atomic mass is 10.1. The van der Waals surface area contributed by atoms with Crippen LogP contribution in [0.3, 0.4) is 0 Å². The number of nitrogens with two attached hydrogens (primary N) is 1. The molecule has 0 amide bonds. The summed E-state index contributed by atoms with van der Waals surface area (Å²) < 4.78 is 0. The molecule has 3 aromatic rings. The fraction of sp³-hybridized carbons (Fsp3) is 0.154. The fourth-order valence-corrected chi connectivity index (χ4v) is 2.66. The van der Waals surface area contributed by atoms with Crippen LogP contribution in [0.5, 0.6) is 0 Å². The highest BCUT2D eigenvalue weighted by molar-refractivity contribution is 7.16. The van der Waals surface area contributed by atoms with Crippen molar-refractivity contribution in [3.63, 3.8) is 0 Å². The van der Waals surface area contributed by atoms with Crippen molar-refractivity contribution in [2.24, 2.45) is 0 Å². The summed E-state index contributed by atoms with van der Waals surface area (Å²) in [5, 5.41) is 6.31. The quantitative estimate of drug-likeness (QED) is 0.765. The van der Waals surface area contributed by atoms with Crippen molar-refractivity contribution in [3.8, 4) is 0 Å². The Bertz CT molecular complexity index is 722. The number of nitrogen functional groups attached to an aromatic ring is 1. The molecule has 0 aliphatic rings. The number of hydrogen-bond acceptors (Lipinski definition) is 6. The SMILES string of the molecule is Cc1cnccc1CNc1nc(N)nc2sccc12. The fourth-order valence-electron chi connectivity index (χ4n) is 1.89. The first-order chi connectivity index (χ1) is 9.24. The van der Waals surface area contributed by atoms with Crippen LogP contribution in [0.25, 0.3) is 10.2 Å². The van der Waals surface area contributed by atoms with Gasteiger partial charge < -0.3 is 11.1 Å². The van der Waals surface area contributed by atoms with Gasteiger partial charge in [0.1, 0.15) is 10.6 Å². The molecular weight excluding hydrogens is 258 g/mol. The maximum absolute atomic E-state index is 5.72. The van der Waals surface area contributed by atoms with Crippen LogP contribution in [0.2, 0.25) is 0 Å². The lowest BCUT2D eigenvalue weighted by Gasteiger charge is -2.09. The molecule has 0 unspecified atom stereocenters. The molecule has 0 atom stereocenters. The third-order valence-electron chi connectivity index (χ3n) is 2.93. The molecule has 0 spiro atoms. The summed E-state index contributed by atoms with van der Waals surface area (Å²) in [6.45, 7) is 2.73. The van der Waals surface area contributed by atoms with Crippen molar-refractivity contribution in [2.45, 2.75) is 13.5 Å². The van der Waals surface area contributed by atoms with Crippen LogP contribution >= 0.6 is 11.3 Å². The highest BCUT2D eigenvalue weighted by Crippen LogP contribution is 2.26. The molecule has 0 aliphatic heterocycles. The van der Waals surface area contributed by atoms with Gasteiger partial charge in [-0.1, -0.05) is 0 Å². The Morgan fingerprint density at radius 2 is 2.21 bits per heavy atom. The van der Waals surface area contributed by atoms with E-state index in [9.17, 15) is 0 Å². The lowest BCUT2D eigenvalue weighted by molar-refractivity contribution is 1.07. The number of aromatic nitrogens is 3. The monoisotopic (exact) mass is 271 g/mol. The number of anilines is 2. The Hall–Kier alpha value is -2.21. The topological polar surface area (TPSA) is 76.7 Å². The number of thiophene rings is 1. The Kier molecular flexibility index (Phi) is 3.00. The van der Waals surface area contributed by atoms with E-state index < -0.39 is 0 Å². The molecule has 96 valence electrons. The predicted molar refractivity (Wildman–Crippen MR) is 78.1 cm³/mol. The molecule has 0 aromatic carbocycles. The minimum atomic E-state index is 0.295. The first kappa shape index (κ1) is 11.9. The normalized spacial score (nSPS) is 10.8. The second kappa shape index (κ2) is 4.81. The van der Waals surface area contributed by atoms with Crippen molar-refractivity contribution in [3.05, 3.63) is 41.0 Å². The Labute approximate surface area is 114 Å². The number of pyridine rings is 1. The summed E-state index contributed by atoms with van der Waals surface area (Å²) >= 11 is 1.56. The maximum atomic E-state index is 5.72. The van der Waals surface area contributed by atoms with Crippen LogP contribution in [-0.4, -0.2) is 15.0 Å². The van der Waals surface area contributed by atoms with Gasteiger partial charge in [-0.05, 0) is 35.6 Å². The van der Waals surface area contributed by atoms with Crippen molar-refractivity contribution < 1.29 is 0 Å². The number of rotatable bonds is 3. The van der Waals surface area contributed by atoms with Gasteiger partial charge in [-0.2, -0.15) is 4.98 Å². The summed E-state index contributed by atoms with van der Waals surface area (Å²) in [5.41, 5.74) is 8.06. The zero-order valence-electron chi connectivity index (χ0n) is 10.4. The number of nitrogens with one attached hydrogen (secondary N) is 1. The summed E-state index contributed by atoms with van der Waals surface area (Å²) in [4.78, 5) is 13.5. The molecule has 0 radical (unpaired) electrons. The molecule has 0 aliphatic carbocycles. The van der Waals surface area contributed by atoms with E-state index in [-0.39, 0.29) is 0 Å². The van der Waals surface area contributed by atoms with Gasteiger partial charge in [0.25, 0.3) is 0 Å². The molecular formula is C13H13N5S. The van der Waals surface area contributed by atoms with Crippen LogP contribution in [0.15, 0.2) is 29.9 Å². The zero-order valence-corrected chi connectivity index (χ0v) is 11.2. The summed E-state index contributed by atoms with van der Waals surface area (Å²) in [6.07, 6.45) is 3.64. The third kappa shape index (κ3) is 2.34. The molecule has 0 saturated carbocycles. The predicted octanol–water partition coefficient (Wildman–Crippen LogP) is 2.59. The van der Waals surface area contributed by atoms with Crippen molar-refractivity contribution in [1.82, 2.24) is 15.0 Å². The average molecular weight is 271 g/mol. The molecule has 3 rings (SSSR count). The van der Waals surface area contributed by atoms with E-state index in [1.807, 2.05) is 30.6 Å². The molecule has 3 aromatic heterocycles. The molecule has 6 heteroatoms. The molecule has 3 heterocycles. The van der Waals surface area contributed by atoms with Crippen LogP contribution in [0.1, 0.15) is 11.1 Å². The second-order valence-electron chi connectivity index (χ2n) is 4.23. The first-order valence-electron chi connectivity index (χ1n) is 5.88. The van der Waals surface area contributed by atoms with Gasteiger partial charge in [0.2, 0.25) is 5.95 Å². The number of hydrogen-bond donors (Lipinski definition) is 2. The van der Waals surface area contributed by atoms with Gasteiger partial charge >= 0.3 is 0 Å². The van der Waals surface area contributed by atoms with Crippen LogP contribution < -0.4 is 11.1 Å². The van der Waals surface area contributed by atoms with E-state index in [2.05, 4.69) is 20.3 Å². The van der Waals surface area contributed by atoms with Gasteiger partial charge in [0.05, 0.1) is 5.39 Å². The molecule has 3 N–H and O–H groups in total. The summed E-state index contributed by atoms with van der Waals surface area (Å²) in [6, 6.07) is 4.00. The van der Waals surface area contributed by atoms with Gasteiger partial charge in [0.15, 0.2) is 0 Å². The maximum Gasteiger partial charge on any atom is 0.223 e. The highest BCUT2D eigenvalue weighted by Gasteiger charge is 2.07. The van der Waals surface area contributed by atoms with Gasteiger partial charge in [-0.25, -0.2) is 4.98 Å². The zero-order chi connectivity index (χ0) is 13.2. The average Bonchev–Trinajstić information content (AvgIpc) is 2.85. The number of fused-ring (bicyclic) bond motifs is 1. The standard InChI is InChI=1S/C13H13N5S/c1-8-6-15-4-2-9(8)7-16-11-10-3-5-19-12(10)18-13(14)17-11/h2-6H,7H2,1H3,(H3,14,16,17,18). The molecule has 0 bridgehead atoms. The van der Waals surface area contributed by atoms with E-state index >= 15 is 0 Å². The second-order valence-corrected chi connectivity index (χ2v) is 5.12. The Balaban J connectivity index is 1.90. The number of nitrogens with zero attached hydrogens (tertiary/aromatic N) is 3. The van der Waals surface area contributed by atoms with Crippen molar-refractivity contribution >= 4 is 33.3 Å². The van der Waals surface area contributed by atoms with Crippen molar-refractivity contribution in [1.29, 1.82) is 0 Å². The smallest absolute Gasteiger partial charge is 0.223 e. The van der Waals surface area contributed by atoms with Gasteiger partial charge in [0, 0.05) is 18.9 Å². The van der Waals surface area contributed by atoms with E-state index in [0.717, 1.165) is 21.6 Å². The van der Waals surface area contributed by atoms with Crippen LogP contribution in [0, 0.1) is 6.92 Å². The van der Waals surface area contributed by atoms with E-state index in [1.165, 1.54) is 5.56 Å². The van der Waals surface area contributed by atoms with E-state index in [4.69, 9.17) is 5.73 Å². The largest absolute Gasteiger partial charge is 0.368 e. The van der Waals surface area contributed by atoms with Crippen LogP contribution in [0.4, 0.5) is 11.8 Å². The van der Waals surface area contributed by atoms with Gasteiger partial charge in [-0.3, -0.25) is 4.98 Å². The molecule has 5 nitrogen and oxygen atoms in total. The minimum absolute atomic E-state index is 0.295. The lowest BCUT2D eigenvalue weighted by Crippen LogP contribution is -2.05. The highest BCUT2D eigenvalue weighted by atomic mass is 32.1. The first-order valence-corrected chi connectivity index (χ1v) is 6.76. The van der Waals surface area contributed by atoms with E-state index in [1.54, 1.807) is 17.5 Å². The van der Waals surface area contributed by atoms with Crippen LogP contribution in [-0.2, 0) is 6.54 Å². The molecule has 0 saturated heterocycles. The Morgan fingerprint density at radius 3 is 3.05 bits per heavy atom. The third-order valence-corrected chi connectivity index (χ3v) is 3.73.